The number of amides is 1. The topological polar surface area (TPSA) is 72.1 Å². The summed E-state index contributed by atoms with van der Waals surface area (Å²) in [6, 6.07) is 0.0977. The maximum absolute atomic E-state index is 12.6. The summed E-state index contributed by atoms with van der Waals surface area (Å²) in [6.07, 6.45) is 3.19. The minimum absolute atomic E-state index is 0.00630. The van der Waals surface area contributed by atoms with E-state index < -0.39 is 0 Å². The number of aromatic nitrogens is 2. The predicted octanol–water partition coefficient (Wildman–Crippen LogP) is 2.78. The molecule has 1 unspecified atom stereocenters. The number of nitrogens with zero attached hydrogens (tertiary/aromatic N) is 3. The van der Waals surface area contributed by atoms with Crippen LogP contribution in [0.25, 0.3) is 10.3 Å². The first-order chi connectivity index (χ1) is 9.23. The molecule has 2 N–H and O–H groups in total. The van der Waals surface area contributed by atoms with E-state index in [0.29, 0.717) is 20.9 Å². The first-order valence-corrected chi connectivity index (χ1v) is 7.31. The number of thiophene rings is 1. The third kappa shape index (κ3) is 2.47. The van der Waals surface area contributed by atoms with Crippen molar-refractivity contribution in [3.05, 3.63) is 17.3 Å². The molecular weight excluding hydrogens is 272 g/mol. The molecular formula is C14H20N4OS. The maximum Gasteiger partial charge on any atom is 0.266 e. The van der Waals surface area contributed by atoms with Gasteiger partial charge in [0.1, 0.15) is 15.2 Å². The quantitative estimate of drug-likeness (QED) is 0.923. The lowest BCUT2D eigenvalue weighted by Crippen LogP contribution is -2.42. The first-order valence-electron chi connectivity index (χ1n) is 6.49. The van der Waals surface area contributed by atoms with E-state index in [9.17, 15) is 4.79 Å². The van der Waals surface area contributed by atoms with Crippen LogP contribution in [-0.2, 0) is 0 Å². The van der Waals surface area contributed by atoms with Gasteiger partial charge in [0, 0.05) is 25.5 Å². The zero-order chi connectivity index (χ0) is 15.1. The van der Waals surface area contributed by atoms with Gasteiger partial charge in [-0.05, 0) is 12.3 Å². The Kier molecular flexibility index (Phi) is 3.69. The van der Waals surface area contributed by atoms with Gasteiger partial charge in [-0.3, -0.25) is 4.79 Å². The van der Waals surface area contributed by atoms with Gasteiger partial charge in [-0.15, -0.1) is 11.3 Å². The summed E-state index contributed by atoms with van der Waals surface area (Å²) < 4.78 is 0. The number of carbonyl (C=O) groups is 1. The number of anilines is 1. The fourth-order valence-corrected chi connectivity index (χ4v) is 2.92. The third-order valence-electron chi connectivity index (χ3n) is 3.71. The van der Waals surface area contributed by atoms with Gasteiger partial charge in [0.15, 0.2) is 0 Å². The van der Waals surface area contributed by atoms with Gasteiger partial charge in [-0.1, -0.05) is 20.8 Å². The minimum Gasteiger partial charge on any atom is -0.396 e. The van der Waals surface area contributed by atoms with Gasteiger partial charge in [-0.2, -0.15) is 0 Å². The lowest BCUT2D eigenvalue weighted by Gasteiger charge is -2.35. The summed E-state index contributed by atoms with van der Waals surface area (Å²) in [6.45, 7) is 8.37. The molecule has 2 heterocycles. The molecule has 0 spiro atoms. The highest BCUT2D eigenvalue weighted by Crippen LogP contribution is 2.33. The monoisotopic (exact) mass is 292 g/mol. The Balaban J connectivity index is 2.39. The largest absolute Gasteiger partial charge is 0.396 e. The van der Waals surface area contributed by atoms with Crippen LogP contribution < -0.4 is 5.73 Å². The van der Waals surface area contributed by atoms with Crippen LogP contribution in [0.15, 0.2) is 12.4 Å². The molecule has 1 atom stereocenters. The number of carbonyl (C=O) groups excluding carboxylic acids is 1. The molecule has 0 aliphatic carbocycles. The van der Waals surface area contributed by atoms with Crippen LogP contribution >= 0.6 is 11.3 Å². The lowest BCUT2D eigenvalue weighted by molar-refractivity contribution is 0.0635. The highest BCUT2D eigenvalue weighted by molar-refractivity contribution is 7.21. The highest BCUT2D eigenvalue weighted by atomic mass is 32.1. The van der Waals surface area contributed by atoms with Gasteiger partial charge in [0.05, 0.1) is 5.69 Å². The number of rotatable bonds is 2. The number of fused-ring (bicyclic) bond motifs is 1. The molecule has 0 saturated heterocycles. The zero-order valence-corrected chi connectivity index (χ0v) is 13.3. The number of nitrogen functional groups attached to an aromatic ring is 1. The minimum atomic E-state index is -0.0743. The van der Waals surface area contributed by atoms with E-state index in [2.05, 4.69) is 30.7 Å². The molecule has 0 saturated carbocycles. The van der Waals surface area contributed by atoms with Crippen molar-refractivity contribution < 1.29 is 4.79 Å². The fourth-order valence-electron chi connectivity index (χ4n) is 1.92. The van der Waals surface area contributed by atoms with E-state index in [1.807, 2.05) is 14.0 Å². The van der Waals surface area contributed by atoms with E-state index >= 15 is 0 Å². The number of nitrogens with two attached hydrogens (primary N) is 1. The predicted molar refractivity (Wildman–Crippen MR) is 82.8 cm³/mol. The van der Waals surface area contributed by atoms with Gasteiger partial charge in [0.2, 0.25) is 0 Å². The van der Waals surface area contributed by atoms with Crippen molar-refractivity contribution in [3.8, 4) is 0 Å². The average molecular weight is 292 g/mol. The second-order valence-electron chi connectivity index (χ2n) is 6.01. The summed E-state index contributed by atoms with van der Waals surface area (Å²) in [4.78, 5) is 24.0. The van der Waals surface area contributed by atoms with Gasteiger partial charge in [-0.25, -0.2) is 9.97 Å². The van der Waals surface area contributed by atoms with Crippen molar-refractivity contribution in [1.29, 1.82) is 0 Å². The van der Waals surface area contributed by atoms with Crippen LogP contribution in [0.3, 0.4) is 0 Å². The van der Waals surface area contributed by atoms with E-state index in [-0.39, 0.29) is 17.4 Å². The van der Waals surface area contributed by atoms with Gasteiger partial charge < -0.3 is 10.6 Å². The smallest absolute Gasteiger partial charge is 0.266 e. The van der Waals surface area contributed by atoms with Gasteiger partial charge in [0.25, 0.3) is 5.91 Å². The van der Waals surface area contributed by atoms with Crippen molar-refractivity contribution in [3.63, 3.8) is 0 Å². The number of hydrogen-bond acceptors (Lipinski definition) is 5. The van der Waals surface area contributed by atoms with Crippen LogP contribution in [0, 0.1) is 5.41 Å². The van der Waals surface area contributed by atoms with E-state index in [0.717, 1.165) is 0 Å². The third-order valence-corrected chi connectivity index (χ3v) is 4.80. The SMILES string of the molecule is CC(N(C)C(=O)c1sc2nccnc2c1N)C(C)(C)C. The molecule has 108 valence electrons. The van der Waals surface area contributed by atoms with Crippen LogP contribution in [0.2, 0.25) is 0 Å². The molecule has 5 nitrogen and oxygen atoms in total. The average Bonchev–Trinajstić information content (AvgIpc) is 2.73. The van der Waals surface area contributed by atoms with E-state index in [4.69, 9.17) is 5.73 Å². The molecule has 0 aliphatic rings. The summed E-state index contributed by atoms with van der Waals surface area (Å²) >= 11 is 1.30. The second-order valence-corrected chi connectivity index (χ2v) is 7.01. The Bertz CT molecular complexity index is 644. The Morgan fingerprint density at radius 2 is 1.95 bits per heavy atom. The van der Waals surface area contributed by atoms with Crippen molar-refractivity contribution >= 4 is 33.3 Å². The molecule has 0 aromatic carbocycles. The molecule has 20 heavy (non-hydrogen) atoms. The normalized spacial score (nSPS) is 13.4. The van der Waals surface area contributed by atoms with Crippen molar-refractivity contribution in [2.75, 3.05) is 12.8 Å². The summed E-state index contributed by atoms with van der Waals surface area (Å²) in [5.74, 6) is -0.0743. The summed E-state index contributed by atoms with van der Waals surface area (Å²) in [5.41, 5.74) is 7.09. The molecule has 6 heteroatoms. The Labute approximate surface area is 122 Å². The lowest BCUT2D eigenvalue weighted by atomic mass is 9.87. The summed E-state index contributed by atoms with van der Waals surface area (Å²) in [5, 5.41) is 0. The van der Waals surface area contributed by atoms with Crippen molar-refractivity contribution in [2.45, 2.75) is 33.7 Å². The zero-order valence-electron chi connectivity index (χ0n) is 12.5. The Hall–Kier alpha value is -1.69. The molecule has 2 aromatic heterocycles. The molecule has 1 amide bonds. The first kappa shape index (κ1) is 14.7. The van der Waals surface area contributed by atoms with Crippen LogP contribution in [-0.4, -0.2) is 33.9 Å². The molecule has 0 aliphatic heterocycles. The second kappa shape index (κ2) is 5.01. The van der Waals surface area contributed by atoms with Crippen LogP contribution in [0.1, 0.15) is 37.4 Å². The van der Waals surface area contributed by atoms with E-state index in [1.54, 1.807) is 17.3 Å². The van der Waals surface area contributed by atoms with Crippen molar-refractivity contribution in [1.82, 2.24) is 14.9 Å². The summed E-state index contributed by atoms with van der Waals surface area (Å²) in [7, 11) is 1.81. The van der Waals surface area contributed by atoms with Crippen LogP contribution in [0.4, 0.5) is 5.69 Å². The Morgan fingerprint density at radius 1 is 1.35 bits per heavy atom. The highest BCUT2D eigenvalue weighted by Gasteiger charge is 2.30. The fraction of sp³-hybridized carbons (Fsp3) is 0.500. The molecule has 2 rings (SSSR count). The molecule has 2 aromatic rings. The van der Waals surface area contributed by atoms with Gasteiger partial charge >= 0.3 is 0 Å². The van der Waals surface area contributed by atoms with Crippen molar-refractivity contribution in [2.24, 2.45) is 5.41 Å². The standard InChI is InChI=1S/C14H20N4OS/c1-8(14(2,3)4)18(5)13(19)11-9(15)10-12(20-11)17-7-6-16-10/h6-8H,15H2,1-5H3. The Morgan fingerprint density at radius 3 is 2.50 bits per heavy atom. The maximum atomic E-state index is 12.6. The van der Waals surface area contributed by atoms with E-state index in [1.165, 1.54) is 11.3 Å². The molecule has 0 bridgehead atoms. The number of hydrogen-bond donors (Lipinski definition) is 1. The van der Waals surface area contributed by atoms with Crippen LogP contribution in [0.5, 0.6) is 0 Å². The molecule has 0 fully saturated rings. The molecule has 0 radical (unpaired) electrons.